The molecule has 0 bridgehead atoms. The highest BCUT2D eigenvalue weighted by molar-refractivity contribution is 7.41. The lowest BCUT2D eigenvalue weighted by molar-refractivity contribution is -0.0529. The number of aromatic nitrogens is 4. The molecule has 2 aliphatic heterocycles. The van der Waals surface area contributed by atoms with Gasteiger partial charge in [-0.2, -0.15) is 0 Å². The summed E-state index contributed by atoms with van der Waals surface area (Å²) in [6.07, 6.45) is -1.28. The van der Waals surface area contributed by atoms with E-state index in [-0.39, 0.29) is 18.5 Å². The molecule has 6 atom stereocenters. The number of aliphatic hydroxyl groups excluding tert-OH is 2. The number of nitrogen functional groups attached to an aromatic ring is 1. The molecule has 3 aromatic rings. The molecule has 0 aliphatic carbocycles. The van der Waals surface area contributed by atoms with E-state index < -0.39 is 33.1 Å². The van der Waals surface area contributed by atoms with Crippen molar-refractivity contribution in [2.24, 2.45) is 0 Å². The monoisotopic (exact) mass is 515 g/mol. The van der Waals surface area contributed by atoms with Crippen LogP contribution in [-0.2, 0) is 18.3 Å². The van der Waals surface area contributed by atoms with Gasteiger partial charge in [0.05, 0.1) is 25.6 Å². The molecule has 0 unspecified atom stereocenters. The Bertz CT molecular complexity index is 1160. The first-order chi connectivity index (χ1) is 15.9. The first-order valence-corrected chi connectivity index (χ1v) is 11.9. The van der Waals surface area contributed by atoms with E-state index >= 15 is 0 Å². The molecular formula is C19H20Cl2N5O6P. The SMILES string of the molecule is Nc1ncnc2c1ncn2[C@@H]1O[C@H](CO[P@]2OCC[C@@H](c3cc(Cl)ccc3Cl)O2)[C@@H](O)[C@H]1O. The summed E-state index contributed by atoms with van der Waals surface area (Å²) in [4.78, 5) is 12.2. The number of benzene rings is 1. The fraction of sp³-hybridized carbons (Fsp3) is 0.421. The summed E-state index contributed by atoms with van der Waals surface area (Å²) in [6, 6.07) is 5.17. The second-order valence-corrected chi connectivity index (χ2v) is 9.55. The summed E-state index contributed by atoms with van der Waals surface area (Å²) in [5.41, 5.74) is 7.33. The highest BCUT2D eigenvalue weighted by Gasteiger charge is 2.45. The Labute approximate surface area is 199 Å². The molecule has 4 heterocycles. The van der Waals surface area contributed by atoms with Gasteiger partial charge in [-0.05, 0) is 18.2 Å². The van der Waals surface area contributed by atoms with E-state index in [1.54, 1.807) is 18.2 Å². The van der Waals surface area contributed by atoms with Gasteiger partial charge in [0.15, 0.2) is 17.7 Å². The van der Waals surface area contributed by atoms with Crippen LogP contribution >= 0.6 is 31.8 Å². The predicted molar refractivity (Wildman–Crippen MR) is 119 cm³/mol. The largest absolute Gasteiger partial charge is 0.387 e. The Morgan fingerprint density at radius 2 is 2.06 bits per heavy atom. The van der Waals surface area contributed by atoms with Crippen LogP contribution < -0.4 is 5.73 Å². The second kappa shape index (κ2) is 9.53. The van der Waals surface area contributed by atoms with Gasteiger partial charge in [0.25, 0.3) is 0 Å². The maximum absolute atomic E-state index is 10.6. The van der Waals surface area contributed by atoms with Gasteiger partial charge >= 0.3 is 8.60 Å². The number of aliphatic hydroxyl groups is 2. The van der Waals surface area contributed by atoms with Crippen LogP contribution in [0.4, 0.5) is 5.82 Å². The van der Waals surface area contributed by atoms with Gasteiger partial charge < -0.3 is 34.3 Å². The summed E-state index contributed by atoms with van der Waals surface area (Å²) >= 11 is 12.4. The zero-order valence-corrected chi connectivity index (χ0v) is 19.4. The summed E-state index contributed by atoms with van der Waals surface area (Å²) in [6.45, 7) is 0.334. The molecule has 0 spiro atoms. The van der Waals surface area contributed by atoms with Gasteiger partial charge in [0, 0.05) is 22.0 Å². The minimum Gasteiger partial charge on any atom is -0.387 e. The van der Waals surface area contributed by atoms with E-state index in [9.17, 15) is 10.2 Å². The third-order valence-electron chi connectivity index (χ3n) is 5.44. The molecule has 176 valence electrons. The number of imidazole rings is 1. The number of anilines is 1. The highest BCUT2D eigenvalue weighted by atomic mass is 35.5. The maximum atomic E-state index is 10.6. The van der Waals surface area contributed by atoms with Gasteiger partial charge in [-0.15, -0.1) is 0 Å². The molecule has 0 amide bonds. The van der Waals surface area contributed by atoms with E-state index in [0.29, 0.717) is 34.2 Å². The van der Waals surface area contributed by atoms with E-state index in [2.05, 4.69) is 15.0 Å². The van der Waals surface area contributed by atoms with Crippen LogP contribution in [0.5, 0.6) is 0 Å². The van der Waals surface area contributed by atoms with Crippen molar-refractivity contribution in [1.82, 2.24) is 19.5 Å². The van der Waals surface area contributed by atoms with Crippen LogP contribution in [0.2, 0.25) is 10.0 Å². The number of ether oxygens (including phenoxy) is 1. The fourth-order valence-electron chi connectivity index (χ4n) is 3.75. The number of halogens is 2. The van der Waals surface area contributed by atoms with Gasteiger partial charge in [0.2, 0.25) is 0 Å². The quantitative estimate of drug-likeness (QED) is 0.433. The molecule has 1 aromatic carbocycles. The average molecular weight is 516 g/mol. The number of nitrogens with zero attached hydrogens (tertiary/aromatic N) is 4. The highest BCUT2D eigenvalue weighted by Crippen LogP contribution is 2.51. The van der Waals surface area contributed by atoms with Crippen molar-refractivity contribution < 1.29 is 28.5 Å². The van der Waals surface area contributed by atoms with Gasteiger partial charge in [-0.25, -0.2) is 15.0 Å². The van der Waals surface area contributed by atoms with Crippen LogP contribution in [0.15, 0.2) is 30.9 Å². The van der Waals surface area contributed by atoms with Crippen molar-refractivity contribution in [2.75, 3.05) is 18.9 Å². The molecule has 2 aromatic heterocycles. The van der Waals surface area contributed by atoms with Crippen molar-refractivity contribution in [3.8, 4) is 0 Å². The predicted octanol–water partition coefficient (Wildman–Crippen LogP) is 2.76. The number of hydrogen-bond acceptors (Lipinski definition) is 10. The standard InChI is InChI=1S/C19H20Cl2N5O6P/c20-9-1-2-11(21)10(5-9)12-3-4-29-33(32-12)30-6-13-15(27)16(28)19(31-13)26-8-25-14-17(22)23-7-24-18(14)26/h1-2,5,7-8,12-13,15-16,19,27-28H,3-4,6H2,(H2,22,23,24)/t12-,13+,15+,16+,19+,33-/m0/s1. The summed E-state index contributed by atoms with van der Waals surface area (Å²) in [5.74, 6) is 0.204. The smallest absolute Gasteiger partial charge is 0.333 e. The van der Waals surface area contributed by atoms with E-state index in [1.807, 2.05) is 0 Å². The Hall–Kier alpha value is -1.66. The minimum atomic E-state index is -1.73. The molecule has 0 radical (unpaired) electrons. The second-order valence-electron chi connectivity index (χ2n) is 7.53. The third kappa shape index (κ3) is 4.53. The molecule has 5 rings (SSSR count). The first-order valence-electron chi connectivity index (χ1n) is 10.0. The van der Waals surface area contributed by atoms with E-state index in [4.69, 9.17) is 47.2 Å². The topological polar surface area (TPSA) is 147 Å². The lowest BCUT2D eigenvalue weighted by Gasteiger charge is -2.29. The minimum absolute atomic E-state index is 0.0693. The molecular weight excluding hydrogens is 496 g/mol. The van der Waals surface area contributed by atoms with Crippen molar-refractivity contribution >= 4 is 48.8 Å². The molecule has 2 saturated heterocycles. The Morgan fingerprint density at radius 1 is 1.21 bits per heavy atom. The van der Waals surface area contributed by atoms with Gasteiger partial charge in [-0.1, -0.05) is 23.2 Å². The van der Waals surface area contributed by atoms with Crippen LogP contribution in [0.1, 0.15) is 24.3 Å². The van der Waals surface area contributed by atoms with Gasteiger partial charge in [0.1, 0.15) is 30.2 Å². The lowest BCUT2D eigenvalue weighted by atomic mass is 10.1. The molecule has 2 aliphatic rings. The molecule has 4 N–H and O–H groups in total. The van der Waals surface area contributed by atoms with Crippen molar-refractivity contribution in [3.05, 3.63) is 46.5 Å². The first kappa shape index (κ1) is 23.1. The van der Waals surface area contributed by atoms with E-state index in [0.717, 1.165) is 5.56 Å². The zero-order chi connectivity index (χ0) is 23.1. The average Bonchev–Trinajstić information content (AvgIpc) is 3.36. The number of rotatable bonds is 5. The van der Waals surface area contributed by atoms with E-state index in [1.165, 1.54) is 17.2 Å². The Balaban J connectivity index is 1.24. The summed E-state index contributed by atoms with van der Waals surface area (Å²) in [7, 11) is -1.73. The Kier molecular flexibility index (Phi) is 6.67. The van der Waals surface area contributed by atoms with Crippen LogP contribution in [0.3, 0.4) is 0 Å². The molecule has 2 fully saturated rings. The van der Waals surface area contributed by atoms with Gasteiger partial charge in [-0.3, -0.25) is 4.57 Å². The van der Waals surface area contributed by atoms with Crippen LogP contribution in [-0.4, -0.2) is 61.3 Å². The Morgan fingerprint density at radius 3 is 2.91 bits per heavy atom. The summed E-state index contributed by atoms with van der Waals surface area (Å²) < 4.78 is 24.6. The van der Waals surface area contributed by atoms with Crippen molar-refractivity contribution in [2.45, 2.75) is 37.1 Å². The fourth-order valence-corrected chi connectivity index (χ4v) is 5.32. The number of nitrogens with two attached hydrogens (primary N) is 1. The third-order valence-corrected chi connectivity index (χ3v) is 7.20. The maximum Gasteiger partial charge on any atom is 0.333 e. The van der Waals surface area contributed by atoms with Crippen molar-refractivity contribution in [1.29, 1.82) is 0 Å². The molecule has 11 nitrogen and oxygen atoms in total. The lowest BCUT2D eigenvalue weighted by Crippen LogP contribution is -2.33. The van der Waals surface area contributed by atoms with Crippen molar-refractivity contribution in [3.63, 3.8) is 0 Å². The number of hydrogen-bond donors (Lipinski definition) is 3. The summed E-state index contributed by atoms with van der Waals surface area (Å²) in [5, 5.41) is 22.2. The zero-order valence-electron chi connectivity index (χ0n) is 17.0. The van der Waals surface area contributed by atoms with Crippen LogP contribution in [0.25, 0.3) is 11.2 Å². The van der Waals surface area contributed by atoms with Crippen LogP contribution in [0, 0.1) is 0 Å². The number of fused-ring (bicyclic) bond motifs is 1. The molecule has 33 heavy (non-hydrogen) atoms. The molecule has 14 heteroatoms. The molecule has 0 saturated carbocycles. The normalized spacial score (nSPS) is 30.2.